The number of aromatic nitrogens is 2. The molecule has 1 fully saturated rings. The molecule has 0 bridgehead atoms. The normalized spacial score (nSPS) is 16.2. The molecule has 1 saturated carbocycles. The monoisotopic (exact) mass is 263 g/mol. The minimum Gasteiger partial charge on any atom is -0.477 e. The molecule has 106 valence electrons. The fraction of sp³-hybridized carbons (Fsp3) is 0.733. The predicted octanol–water partition coefficient (Wildman–Crippen LogP) is 2.93. The number of nitrogens with zero attached hydrogens (tertiary/aromatic N) is 2. The van der Waals surface area contributed by atoms with Crippen LogP contribution in [0.1, 0.15) is 52.1 Å². The summed E-state index contributed by atoms with van der Waals surface area (Å²) in [6, 6.07) is 0. The lowest BCUT2D eigenvalue weighted by atomic mass is 9.83. The van der Waals surface area contributed by atoms with E-state index in [1.165, 1.54) is 19.3 Å². The van der Waals surface area contributed by atoms with Crippen molar-refractivity contribution in [1.82, 2.24) is 15.3 Å². The summed E-state index contributed by atoms with van der Waals surface area (Å²) in [5, 5.41) is 3.40. The molecule has 19 heavy (non-hydrogen) atoms. The van der Waals surface area contributed by atoms with Crippen LogP contribution in [-0.2, 0) is 6.54 Å². The molecule has 0 atom stereocenters. The molecule has 4 nitrogen and oxygen atoms in total. The summed E-state index contributed by atoms with van der Waals surface area (Å²) >= 11 is 0. The molecular formula is C15H25N3O. The standard InChI is InChI=1S/C15H25N3O/c1-15(2,3)17-10-13-9-16-11-14(18-13)19-8-7-12-5-4-6-12/h9,11-12,17H,4-8,10H2,1-3H3. The van der Waals surface area contributed by atoms with Crippen LogP contribution < -0.4 is 10.1 Å². The average molecular weight is 263 g/mol. The fourth-order valence-electron chi connectivity index (χ4n) is 2.01. The summed E-state index contributed by atoms with van der Waals surface area (Å²) in [5.74, 6) is 1.52. The van der Waals surface area contributed by atoms with Gasteiger partial charge in [0.15, 0.2) is 0 Å². The molecule has 4 heteroatoms. The second-order valence-electron chi connectivity index (χ2n) is 6.39. The van der Waals surface area contributed by atoms with Crippen molar-refractivity contribution in [3.8, 4) is 5.88 Å². The molecule has 1 heterocycles. The van der Waals surface area contributed by atoms with Gasteiger partial charge in [-0.3, -0.25) is 4.98 Å². The van der Waals surface area contributed by atoms with Crippen LogP contribution in [0.5, 0.6) is 5.88 Å². The highest BCUT2D eigenvalue weighted by atomic mass is 16.5. The quantitative estimate of drug-likeness (QED) is 0.857. The van der Waals surface area contributed by atoms with Crippen LogP contribution in [0.2, 0.25) is 0 Å². The second-order valence-corrected chi connectivity index (χ2v) is 6.39. The first kappa shape index (κ1) is 14.3. The lowest BCUT2D eigenvalue weighted by molar-refractivity contribution is 0.216. The van der Waals surface area contributed by atoms with E-state index in [4.69, 9.17) is 4.74 Å². The SMILES string of the molecule is CC(C)(C)NCc1cncc(OCCC2CCC2)n1. The van der Waals surface area contributed by atoms with E-state index < -0.39 is 0 Å². The zero-order valence-corrected chi connectivity index (χ0v) is 12.3. The predicted molar refractivity (Wildman–Crippen MR) is 76.1 cm³/mol. The molecule has 1 aliphatic rings. The largest absolute Gasteiger partial charge is 0.477 e. The fourth-order valence-corrected chi connectivity index (χ4v) is 2.01. The van der Waals surface area contributed by atoms with Crippen molar-refractivity contribution in [2.75, 3.05) is 6.61 Å². The van der Waals surface area contributed by atoms with E-state index in [2.05, 4.69) is 36.1 Å². The highest BCUT2D eigenvalue weighted by Crippen LogP contribution is 2.29. The average Bonchev–Trinajstić information content (AvgIpc) is 2.30. The van der Waals surface area contributed by atoms with Crippen molar-refractivity contribution in [3.63, 3.8) is 0 Å². The topological polar surface area (TPSA) is 47.0 Å². The number of ether oxygens (including phenoxy) is 1. The van der Waals surface area contributed by atoms with Gasteiger partial charge < -0.3 is 10.1 Å². The van der Waals surface area contributed by atoms with Gasteiger partial charge in [-0.1, -0.05) is 19.3 Å². The molecule has 0 unspecified atom stereocenters. The maximum absolute atomic E-state index is 5.68. The zero-order chi connectivity index (χ0) is 13.7. The third-order valence-electron chi connectivity index (χ3n) is 3.46. The van der Waals surface area contributed by atoms with Gasteiger partial charge >= 0.3 is 0 Å². The smallest absolute Gasteiger partial charge is 0.232 e. The second kappa shape index (κ2) is 6.33. The lowest BCUT2D eigenvalue weighted by Crippen LogP contribution is -2.35. The van der Waals surface area contributed by atoms with Crippen LogP contribution in [-0.4, -0.2) is 22.1 Å². The molecule has 1 aromatic heterocycles. The Labute approximate surface area is 116 Å². The summed E-state index contributed by atoms with van der Waals surface area (Å²) in [6.45, 7) is 7.89. The first-order chi connectivity index (χ1) is 9.03. The maximum atomic E-state index is 5.68. The third kappa shape index (κ3) is 5.15. The minimum absolute atomic E-state index is 0.0861. The van der Waals surface area contributed by atoms with E-state index in [1.54, 1.807) is 12.4 Å². The van der Waals surface area contributed by atoms with Crippen LogP contribution in [0.25, 0.3) is 0 Å². The van der Waals surface area contributed by atoms with E-state index >= 15 is 0 Å². The van der Waals surface area contributed by atoms with Crippen molar-refractivity contribution < 1.29 is 4.74 Å². The van der Waals surface area contributed by atoms with Crippen molar-refractivity contribution in [3.05, 3.63) is 18.1 Å². The van der Waals surface area contributed by atoms with Gasteiger partial charge in [0.1, 0.15) is 0 Å². The maximum Gasteiger partial charge on any atom is 0.232 e. The summed E-state index contributed by atoms with van der Waals surface area (Å²) in [5.41, 5.74) is 1.01. The van der Waals surface area contributed by atoms with E-state index in [1.807, 2.05) is 0 Å². The number of hydrogen-bond acceptors (Lipinski definition) is 4. The van der Waals surface area contributed by atoms with Crippen LogP contribution in [0.4, 0.5) is 0 Å². The number of nitrogens with one attached hydrogen (secondary N) is 1. The molecule has 1 N–H and O–H groups in total. The van der Waals surface area contributed by atoms with Gasteiger partial charge in [-0.05, 0) is 33.1 Å². The van der Waals surface area contributed by atoms with Gasteiger partial charge in [0.2, 0.25) is 5.88 Å². The Morgan fingerprint density at radius 1 is 1.32 bits per heavy atom. The Morgan fingerprint density at radius 2 is 2.11 bits per heavy atom. The Hall–Kier alpha value is -1.16. The summed E-state index contributed by atoms with van der Waals surface area (Å²) in [7, 11) is 0. The molecule has 0 radical (unpaired) electrons. The van der Waals surface area contributed by atoms with Crippen LogP contribution in [0, 0.1) is 5.92 Å². The molecule has 0 aliphatic heterocycles. The van der Waals surface area contributed by atoms with E-state index in [9.17, 15) is 0 Å². The Morgan fingerprint density at radius 3 is 2.74 bits per heavy atom. The van der Waals surface area contributed by atoms with Gasteiger partial charge in [0.05, 0.1) is 18.5 Å². The van der Waals surface area contributed by atoms with Crippen LogP contribution >= 0.6 is 0 Å². The molecule has 2 rings (SSSR count). The summed E-state index contributed by atoms with van der Waals surface area (Å²) < 4.78 is 5.68. The first-order valence-electron chi connectivity index (χ1n) is 7.22. The van der Waals surface area contributed by atoms with Crippen molar-refractivity contribution >= 4 is 0 Å². The number of hydrogen-bond donors (Lipinski definition) is 1. The van der Waals surface area contributed by atoms with Crippen LogP contribution in [0.3, 0.4) is 0 Å². The lowest BCUT2D eigenvalue weighted by Gasteiger charge is -2.24. The molecule has 0 aromatic carbocycles. The Balaban J connectivity index is 1.77. The molecule has 1 aliphatic carbocycles. The van der Waals surface area contributed by atoms with Crippen molar-refractivity contribution in [2.45, 2.75) is 58.5 Å². The number of rotatable bonds is 6. The summed E-state index contributed by atoms with van der Waals surface area (Å²) in [6.07, 6.45) is 8.75. The molecular weight excluding hydrogens is 238 g/mol. The molecule has 1 aromatic rings. The first-order valence-corrected chi connectivity index (χ1v) is 7.22. The van der Waals surface area contributed by atoms with Gasteiger partial charge in [0, 0.05) is 18.3 Å². The van der Waals surface area contributed by atoms with E-state index in [0.717, 1.165) is 31.2 Å². The van der Waals surface area contributed by atoms with Gasteiger partial charge in [0.25, 0.3) is 0 Å². The van der Waals surface area contributed by atoms with E-state index in [-0.39, 0.29) is 5.54 Å². The summed E-state index contributed by atoms with van der Waals surface area (Å²) in [4.78, 5) is 8.66. The molecule has 0 amide bonds. The van der Waals surface area contributed by atoms with Gasteiger partial charge in [-0.2, -0.15) is 0 Å². The van der Waals surface area contributed by atoms with E-state index in [0.29, 0.717) is 5.88 Å². The van der Waals surface area contributed by atoms with Gasteiger partial charge in [-0.25, -0.2) is 4.98 Å². The third-order valence-corrected chi connectivity index (χ3v) is 3.46. The Kier molecular flexibility index (Phi) is 4.75. The van der Waals surface area contributed by atoms with Crippen LogP contribution in [0.15, 0.2) is 12.4 Å². The minimum atomic E-state index is 0.0861. The Bertz CT molecular complexity index is 397. The zero-order valence-electron chi connectivity index (χ0n) is 12.3. The van der Waals surface area contributed by atoms with Crippen molar-refractivity contribution in [2.24, 2.45) is 5.92 Å². The van der Waals surface area contributed by atoms with Crippen molar-refractivity contribution in [1.29, 1.82) is 0 Å². The highest BCUT2D eigenvalue weighted by molar-refractivity contribution is 5.08. The highest BCUT2D eigenvalue weighted by Gasteiger charge is 2.17. The molecule has 0 spiro atoms. The van der Waals surface area contributed by atoms with Gasteiger partial charge in [-0.15, -0.1) is 0 Å². The molecule has 0 saturated heterocycles.